The Morgan fingerprint density at radius 2 is 1.80 bits per heavy atom. The van der Waals surface area contributed by atoms with Crippen molar-refractivity contribution in [2.45, 2.75) is 58.4 Å². The molecule has 5 aliphatic rings. The first kappa shape index (κ1) is 36.0. The third kappa shape index (κ3) is 8.12. The van der Waals surface area contributed by atoms with Gasteiger partial charge in [-0.05, 0) is 90.3 Å². The average molecular weight is 723 g/mol. The van der Waals surface area contributed by atoms with E-state index in [1.54, 1.807) is 0 Å². The summed E-state index contributed by atoms with van der Waals surface area (Å²) < 4.78 is 28.1. The Bertz CT molecular complexity index is 1560. The maximum atomic E-state index is 13.4. The van der Waals surface area contributed by atoms with Crippen LogP contribution in [0.4, 0.5) is 5.69 Å². The second-order valence-electron chi connectivity index (χ2n) is 15.5. The highest BCUT2D eigenvalue weighted by atomic mass is 35.5. The van der Waals surface area contributed by atoms with Crippen molar-refractivity contribution in [1.82, 2.24) is 14.5 Å². The summed E-state index contributed by atoms with van der Waals surface area (Å²) in [6, 6.07) is 12.6. The molecule has 10 heteroatoms. The number of carbonyl (C=O) groups is 1. The molecule has 4 heterocycles. The van der Waals surface area contributed by atoms with Crippen LogP contribution in [0.25, 0.3) is 0 Å². The van der Waals surface area contributed by atoms with Crippen molar-refractivity contribution in [3.63, 3.8) is 0 Å². The van der Waals surface area contributed by atoms with Gasteiger partial charge in [0.25, 0.3) is 5.91 Å². The maximum absolute atomic E-state index is 13.4. The molecule has 1 N–H and O–H groups in total. The van der Waals surface area contributed by atoms with Crippen LogP contribution in [0.2, 0.25) is 5.02 Å². The van der Waals surface area contributed by atoms with Gasteiger partial charge in [0.1, 0.15) is 16.7 Å². The van der Waals surface area contributed by atoms with Crippen LogP contribution in [0.3, 0.4) is 0 Å². The lowest BCUT2D eigenvalue weighted by atomic mass is 9.66. The van der Waals surface area contributed by atoms with Gasteiger partial charge in [-0.15, -0.1) is 0 Å². The molecule has 2 aromatic rings. The molecule has 0 radical (unpaired) electrons. The standard InChI is InChI=1S/C40H55ClN4O4S/c1-4-5-29-18-34(41)10-12-36(29)33-22-45-21-32-8-11-37(32)31(20-43-14-16-44(17-15-43)35-24-48-25-35)7-6-27(2)28(3)26-50(47)42-40(46)30-9-13-39(49-23-33)38(45)19-30/h6-7,9-10,12-13,18-19,27-28,31-33,35,37H,4-5,8,11,14-17,20-26H2,1-3H3,(H,42,46)/b7-6+/t27-,28?,31?,32?,33?,37?,50?/m0/s1. The number of ether oxygens (including phenoxy) is 2. The molecule has 7 atom stereocenters. The minimum Gasteiger partial charge on any atom is -0.491 e. The maximum Gasteiger partial charge on any atom is 0.263 e. The average Bonchev–Trinajstić information content (AvgIpc) is 3.24. The Hall–Kier alpha value is -2.43. The van der Waals surface area contributed by atoms with E-state index in [2.05, 4.69) is 64.5 Å². The summed E-state index contributed by atoms with van der Waals surface area (Å²) in [5.74, 6) is 3.09. The Balaban J connectivity index is 1.19. The molecule has 8 nitrogen and oxygen atoms in total. The van der Waals surface area contributed by atoms with Crippen LogP contribution < -0.4 is 14.4 Å². The fourth-order valence-electron chi connectivity index (χ4n) is 8.61. The first-order valence-corrected chi connectivity index (χ1v) is 20.7. The van der Waals surface area contributed by atoms with Crippen molar-refractivity contribution >= 4 is 34.2 Å². The summed E-state index contributed by atoms with van der Waals surface area (Å²) in [5, 5.41) is 0.770. The van der Waals surface area contributed by atoms with Crippen LogP contribution in [0.5, 0.6) is 5.75 Å². The fraction of sp³-hybridized carbons (Fsp3) is 0.625. The molecular weight excluding hydrogens is 668 g/mol. The van der Waals surface area contributed by atoms with Crippen LogP contribution in [-0.4, -0.2) is 97.3 Å². The Kier molecular flexibility index (Phi) is 11.6. The van der Waals surface area contributed by atoms with Crippen LogP contribution in [0.1, 0.15) is 67.4 Å². The van der Waals surface area contributed by atoms with Gasteiger partial charge in [0.15, 0.2) is 0 Å². The van der Waals surface area contributed by atoms with Crippen LogP contribution in [-0.2, 0) is 22.1 Å². The summed E-state index contributed by atoms with van der Waals surface area (Å²) in [7, 11) is -1.48. The summed E-state index contributed by atoms with van der Waals surface area (Å²) in [6.07, 6.45) is 9.33. The minimum absolute atomic E-state index is 0.158. The summed E-state index contributed by atoms with van der Waals surface area (Å²) >= 11 is 6.49. The number of hydrogen-bond donors (Lipinski definition) is 1. The normalized spacial score (nSPS) is 32.1. The van der Waals surface area contributed by atoms with E-state index in [1.165, 1.54) is 24.0 Å². The zero-order chi connectivity index (χ0) is 34.8. The molecule has 50 heavy (non-hydrogen) atoms. The molecule has 2 aromatic carbocycles. The number of nitrogens with zero attached hydrogens (tertiary/aromatic N) is 3. The molecule has 1 amide bonds. The van der Waals surface area contributed by atoms with Gasteiger partial charge in [-0.2, -0.15) is 0 Å². The van der Waals surface area contributed by atoms with Crippen molar-refractivity contribution in [1.29, 1.82) is 0 Å². The first-order chi connectivity index (χ1) is 24.2. The van der Waals surface area contributed by atoms with Crippen LogP contribution >= 0.6 is 11.6 Å². The molecule has 7 rings (SSSR count). The van der Waals surface area contributed by atoms with Crippen LogP contribution in [0.15, 0.2) is 48.6 Å². The third-order valence-corrected chi connectivity index (χ3v) is 13.7. The van der Waals surface area contributed by atoms with Crippen LogP contribution in [0, 0.1) is 29.6 Å². The SMILES string of the molecule is CCCc1cc(Cl)ccc1C1COc2ccc3cc2N(C1)CC1CCC1C(CN1CCN(C2COC2)CC1)/C=C/[C@H](C)C(C)CS(=O)NC3=O. The number of hydrogen-bond acceptors (Lipinski definition) is 7. The number of fused-ring (bicyclic) bond motifs is 2. The molecule has 0 spiro atoms. The van der Waals surface area contributed by atoms with Gasteiger partial charge in [0, 0.05) is 68.1 Å². The number of rotatable bonds is 6. The quantitative estimate of drug-likeness (QED) is 0.358. The van der Waals surface area contributed by atoms with Crippen molar-refractivity contribution < 1.29 is 18.5 Å². The zero-order valence-corrected chi connectivity index (χ0v) is 31.6. The van der Waals surface area contributed by atoms with Gasteiger partial charge in [-0.3, -0.25) is 14.4 Å². The van der Waals surface area contributed by atoms with Gasteiger partial charge in [-0.25, -0.2) is 4.21 Å². The first-order valence-electron chi connectivity index (χ1n) is 19.0. The predicted molar refractivity (Wildman–Crippen MR) is 203 cm³/mol. The van der Waals surface area contributed by atoms with E-state index in [9.17, 15) is 9.00 Å². The lowest BCUT2D eigenvalue weighted by molar-refractivity contribution is -0.0782. The molecule has 272 valence electrons. The molecule has 2 bridgehead atoms. The lowest BCUT2D eigenvalue weighted by Gasteiger charge is -2.47. The Morgan fingerprint density at radius 1 is 0.980 bits per heavy atom. The molecule has 4 aliphatic heterocycles. The molecule has 0 aromatic heterocycles. The zero-order valence-electron chi connectivity index (χ0n) is 30.0. The van der Waals surface area contributed by atoms with Crippen molar-refractivity contribution in [2.24, 2.45) is 29.6 Å². The van der Waals surface area contributed by atoms with E-state index >= 15 is 0 Å². The molecule has 6 unspecified atom stereocenters. The highest BCUT2D eigenvalue weighted by molar-refractivity contribution is 7.83. The summed E-state index contributed by atoms with van der Waals surface area (Å²) in [5.41, 5.74) is 4.06. The van der Waals surface area contributed by atoms with E-state index < -0.39 is 11.0 Å². The second kappa shape index (κ2) is 16.1. The Morgan fingerprint density at radius 3 is 2.52 bits per heavy atom. The fourth-order valence-corrected chi connectivity index (χ4v) is 9.99. The third-order valence-electron chi connectivity index (χ3n) is 12.2. The van der Waals surface area contributed by atoms with Crippen molar-refractivity contribution in [2.75, 3.05) is 76.3 Å². The smallest absolute Gasteiger partial charge is 0.263 e. The largest absolute Gasteiger partial charge is 0.491 e. The highest BCUT2D eigenvalue weighted by Gasteiger charge is 2.40. The number of amides is 1. The highest BCUT2D eigenvalue weighted by Crippen LogP contribution is 2.45. The van der Waals surface area contributed by atoms with Crippen molar-refractivity contribution in [3.05, 3.63) is 70.3 Å². The summed E-state index contributed by atoms with van der Waals surface area (Å²) in [4.78, 5) is 21.2. The number of piperazine rings is 1. The predicted octanol–water partition coefficient (Wildman–Crippen LogP) is 6.17. The van der Waals surface area contributed by atoms with Crippen molar-refractivity contribution in [3.8, 4) is 5.75 Å². The summed E-state index contributed by atoms with van der Waals surface area (Å²) in [6.45, 7) is 16.1. The van der Waals surface area contributed by atoms with E-state index in [0.29, 0.717) is 41.7 Å². The van der Waals surface area contributed by atoms with Gasteiger partial charge in [0.05, 0.1) is 31.5 Å². The number of halogens is 1. The van der Waals surface area contributed by atoms with E-state index in [-0.39, 0.29) is 23.7 Å². The number of benzene rings is 2. The monoisotopic (exact) mass is 722 g/mol. The number of nitrogens with one attached hydrogen (secondary N) is 1. The van der Waals surface area contributed by atoms with E-state index in [1.807, 2.05) is 24.3 Å². The number of aryl methyl sites for hydroxylation is 1. The van der Waals surface area contributed by atoms with Gasteiger partial charge in [0.2, 0.25) is 0 Å². The van der Waals surface area contributed by atoms with Gasteiger partial charge in [-0.1, -0.05) is 57.0 Å². The number of anilines is 1. The molecule has 1 aliphatic carbocycles. The van der Waals surface area contributed by atoms with Gasteiger partial charge < -0.3 is 19.3 Å². The number of allylic oxidation sites excluding steroid dienone is 1. The lowest BCUT2D eigenvalue weighted by Crippen LogP contribution is -2.57. The molecule has 1 saturated carbocycles. The Labute approximate surface area is 306 Å². The topological polar surface area (TPSA) is 74.3 Å². The molecular formula is C40H55ClN4O4S. The van der Waals surface area contributed by atoms with Gasteiger partial charge >= 0.3 is 0 Å². The minimum atomic E-state index is -1.48. The van der Waals surface area contributed by atoms with E-state index in [4.69, 9.17) is 21.1 Å². The number of carbonyl (C=O) groups excluding carboxylic acids is 1. The molecule has 2 saturated heterocycles. The molecule has 3 fully saturated rings. The second-order valence-corrected chi connectivity index (χ2v) is 17.2. The van der Waals surface area contributed by atoms with E-state index in [0.717, 1.165) is 88.3 Å².